The van der Waals surface area contributed by atoms with Gasteiger partial charge in [-0.15, -0.1) is 0 Å². The second-order valence-corrected chi connectivity index (χ2v) is 4.10. The molecule has 0 saturated carbocycles. The number of hydrogen-bond acceptors (Lipinski definition) is 6. The number of anilines is 2. The molecule has 0 unspecified atom stereocenters. The Morgan fingerprint density at radius 2 is 2.30 bits per heavy atom. The topological polar surface area (TPSA) is 95.1 Å². The Morgan fingerprint density at radius 1 is 1.55 bits per heavy atom. The van der Waals surface area contributed by atoms with Gasteiger partial charge >= 0.3 is 5.97 Å². The molecule has 7 nitrogen and oxygen atoms in total. The maximum atomic E-state index is 13.8. The first-order valence-electron chi connectivity index (χ1n) is 5.77. The number of esters is 1. The summed E-state index contributed by atoms with van der Waals surface area (Å²) in [5.74, 6) is -0.684. The van der Waals surface area contributed by atoms with Crippen molar-refractivity contribution in [2.45, 2.75) is 6.54 Å². The van der Waals surface area contributed by atoms with Crippen molar-refractivity contribution >= 4 is 17.3 Å². The van der Waals surface area contributed by atoms with E-state index in [0.29, 0.717) is 5.82 Å². The Kier molecular flexibility index (Phi) is 3.83. The van der Waals surface area contributed by atoms with Gasteiger partial charge in [0.1, 0.15) is 12.1 Å². The van der Waals surface area contributed by atoms with Gasteiger partial charge < -0.3 is 15.8 Å². The highest BCUT2D eigenvalue weighted by Gasteiger charge is 2.14. The summed E-state index contributed by atoms with van der Waals surface area (Å²) >= 11 is 0. The van der Waals surface area contributed by atoms with Gasteiger partial charge in [-0.05, 0) is 12.1 Å². The second-order valence-electron chi connectivity index (χ2n) is 4.10. The third-order valence-electron chi connectivity index (χ3n) is 2.63. The number of halogens is 1. The monoisotopic (exact) mass is 279 g/mol. The molecule has 1 heterocycles. The van der Waals surface area contributed by atoms with Crippen LogP contribution in [-0.2, 0) is 18.3 Å². The van der Waals surface area contributed by atoms with Crippen LogP contribution in [0.1, 0.15) is 16.2 Å². The minimum Gasteiger partial charge on any atom is -0.465 e. The molecular formula is C12H14FN5O2. The fraction of sp³-hybridized carbons (Fsp3) is 0.250. The van der Waals surface area contributed by atoms with Crippen LogP contribution in [0.3, 0.4) is 0 Å². The normalized spacial score (nSPS) is 10.3. The average Bonchev–Trinajstić information content (AvgIpc) is 2.83. The van der Waals surface area contributed by atoms with E-state index in [2.05, 4.69) is 20.1 Å². The number of benzene rings is 1. The summed E-state index contributed by atoms with van der Waals surface area (Å²) in [6.07, 6.45) is 1.54. The first kappa shape index (κ1) is 13.8. The molecule has 0 spiro atoms. The molecule has 106 valence electrons. The van der Waals surface area contributed by atoms with Crippen molar-refractivity contribution in [3.8, 4) is 0 Å². The van der Waals surface area contributed by atoms with Crippen molar-refractivity contribution in [3.05, 3.63) is 35.7 Å². The number of aryl methyl sites for hydroxylation is 1. The minimum absolute atomic E-state index is 0.0239. The molecule has 0 amide bonds. The minimum atomic E-state index is -0.624. The smallest absolute Gasteiger partial charge is 0.340 e. The Bertz CT molecular complexity index is 641. The number of nitrogen functional groups attached to an aromatic ring is 1. The van der Waals surface area contributed by atoms with Gasteiger partial charge in [0.2, 0.25) is 0 Å². The second kappa shape index (κ2) is 5.55. The number of aromatic nitrogens is 3. The summed E-state index contributed by atoms with van der Waals surface area (Å²) in [6, 6.07) is 2.37. The summed E-state index contributed by atoms with van der Waals surface area (Å²) in [5, 5.41) is 6.86. The van der Waals surface area contributed by atoms with Gasteiger partial charge in [-0.25, -0.2) is 14.2 Å². The van der Waals surface area contributed by atoms with Gasteiger partial charge in [0.05, 0.1) is 24.9 Å². The lowest BCUT2D eigenvalue weighted by Gasteiger charge is -2.10. The molecule has 1 aromatic carbocycles. The SMILES string of the molecule is COC(=O)c1cc(NCc2ncn(C)n2)c(F)cc1N. The third kappa shape index (κ3) is 2.85. The molecule has 20 heavy (non-hydrogen) atoms. The summed E-state index contributed by atoms with van der Waals surface area (Å²) in [5.41, 5.74) is 5.84. The van der Waals surface area contributed by atoms with E-state index < -0.39 is 11.8 Å². The quantitative estimate of drug-likeness (QED) is 0.638. The molecule has 2 rings (SSSR count). The molecule has 1 aromatic heterocycles. The van der Waals surface area contributed by atoms with Crippen molar-refractivity contribution in [2.24, 2.45) is 7.05 Å². The maximum absolute atomic E-state index is 13.8. The zero-order valence-corrected chi connectivity index (χ0v) is 11.1. The molecule has 8 heteroatoms. The van der Waals surface area contributed by atoms with Crippen LogP contribution < -0.4 is 11.1 Å². The van der Waals surface area contributed by atoms with Gasteiger partial charge in [-0.1, -0.05) is 0 Å². The van der Waals surface area contributed by atoms with Crippen molar-refractivity contribution < 1.29 is 13.9 Å². The number of ether oxygens (including phenoxy) is 1. The Morgan fingerprint density at radius 3 is 2.90 bits per heavy atom. The lowest BCUT2D eigenvalue weighted by atomic mass is 10.1. The summed E-state index contributed by atoms with van der Waals surface area (Å²) in [7, 11) is 2.96. The van der Waals surface area contributed by atoms with E-state index in [4.69, 9.17) is 5.73 Å². The molecular weight excluding hydrogens is 265 g/mol. The molecule has 0 atom stereocenters. The standard InChI is InChI=1S/C12H14FN5O2/c1-18-6-16-11(17-18)5-15-10-3-7(12(19)20-2)9(14)4-8(10)13/h3-4,6,15H,5,14H2,1-2H3. The first-order valence-corrected chi connectivity index (χ1v) is 5.77. The van der Waals surface area contributed by atoms with Crippen LogP contribution in [0.2, 0.25) is 0 Å². The number of carbonyl (C=O) groups excluding carboxylic acids is 1. The molecule has 0 bridgehead atoms. The molecule has 0 aliphatic rings. The molecule has 0 aliphatic heterocycles. The highest BCUT2D eigenvalue weighted by Crippen LogP contribution is 2.23. The largest absolute Gasteiger partial charge is 0.465 e. The Labute approximate surface area is 114 Å². The van der Waals surface area contributed by atoms with Crippen LogP contribution in [0.15, 0.2) is 18.5 Å². The summed E-state index contributed by atoms with van der Waals surface area (Å²) in [4.78, 5) is 15.5. The third-order valence-corrected chi connectivity index (χ3v) is 2.63. The highest BCUT2D eigenvalue weighted by molar-refractivity contribution is 5.96. The van der Waals surface area contributed by atoms with Gasteiger partial charge in [-0.2, -0.15) is 5.10 Å². The fourth-order valence-electron chi connectivity index (χ4n) is 1.65. The predicted molar refractivity (Wildman–Crippen MR) is 70.5 cm³/mol. The van der Waals surface area contributed by atoms with Crippen LogP contribution in [0, 0.1) is 5.82 Å². The van der Waals surface area contributed by atoms with Gasteiger partial charge in [0, 0.05) is 12.7 Å². The Hall–Kier alpha value is -2.64. The van der Waals surface area contributed by atoms with Gasteiger partial charge in [0.25, 0.3) is 0 Å². The molecule has 0 saturated heterocycles. The van der Waals surface area contributed by atoms with Crippen LogP contribution in [0.5, 0.6) is 0 Å². The molecule has 0 aliphatic carbocycles. The average molecular weight is 279 g/mol. The highest BCUT2D eigenvalue weighted by atomic mass is 19.1. The van der Waals surface area contributed by atoms with E-state index in [0.717, 1.165) is 6.07 Å². The zero-order chi connectivity index (χ0) is 14.7. The number of nitrogens with two attached hydrogens (primary N) is 1. The summed E-state index contributed by atoms with van der Waals surface area (Å²) in [6.45, 7) is 0.224. The van der Waals surface area contributed by atoms with E-state index in [-0.39, 0.29) is 23.5 Å². The fourth-order valence-corrected chi connectivity index (χ4v) is 1.65. The number of nitrogens with one attached hydrogen (secondary N) is 1. The van der Waals surface area contributed by atoms with E-state index in [1.54, 1.807) is 7.05 Å². The van der Waals surface area contributed by atoms with Crippen molar-refractivity contribution in [2.75, 3.05) is 18.2 Å². The van der Waals surface area contributed by atoms with Gasteiger partial charge in [-0.3, -0.25) is 4.68 Å². The number of rotatable bonds is 4. The molecule has 2 aromatic rings. The number of carbonyl (C=O) groups is 1. The van der Waals surface area contributed by atoms with Crippen LogP contribution in [0.25, 0.3) is 0 Å². The van der Waals surface area contributed by atoms with E-state index in [9.17, 15) is 9.18 Å². The molecule has 3 N–H and O–H groups in total. The number of hydrogen-bond donors (Lipinski definition) is 2. The lowest BCUT2D eigenvalue weighted by Crippen LogP contribution is -2.09. The van der Waals surface area contributed by atoms with Crippen molar-refractivity contribution in [1.29, 1.82) is 0 Å². The molecule has 0 radical (unpaired) electrons. The Balaban J connectivity index is 2.20. The molecule has 0 fully saturated rings. The van der Waals surface area contributed by atoms with E-state index >= 15 is 0 Å². The summed E-state index contributed by atoms with van der Waals surface area (Å²) < 4.78 is 19.9. The van der Waals surface area contributed by atoms with Crippen molar-refractivity contribution in [3.63, 3.8) is 0 Å². The van der Waals surface area contributed by atoms with Crippen LogP contribution >= 0.6 is 0 Å². The first-order chi connectivity index (χ1) is 9.51. The van der Waals surface area contributed by atoms with Gasteiger partial charge in [0.15, 0.2) is 5.82 Å². The number of methoxy groups -OCH3 is 1. The number of nitrogens with zero attached hydrogens (tertiary/aromatic N) is 3. The van der Waals surface area contributed by atoms with Crippen LogP contribution in [0.4, 0.5) is 15.8 Å². The van der Waals surface area contributed by atoms with E-state index in [1.807, 2.05) is 0 Å². The predicted octanol–water partition coefficient (Wildman–Crippen LogP) is 0.935. The van der Waals surface area contributed by atoms with E-state index in [1.165, 1.54) is 24.2 Å². The maximum Gasteiger partial charge on any atom is 0.340 e. The zero-order valence-electron chi connectivity index (χ0n) is 11.1. The van der Waals surface area contributed by atoms with Crippen molar-refractivity contribution in [1.82, 2.24) is 14.8 Å². The lowest BCUT2D eigenvalue weighted by molar-refractivity contribution is 0.0602. The van der Waals surface area contributed by atoms with Crippen LogP contribution in [-0.4, -0.2) is 27.8 Å².